The number of carbonyl (C=O) groups excluding carboxylic acids is 1. The van der Waals surface area contributed by atoms with E-state index in [1.54, 1.807) is 25.5 Å². The number of ketones is 1. The van der Waals surface area contributed by atoms with Crippen LogP contribution in [0.15, 0.2) is 35.1 Å². The molecule has 1 fully saturated rings. The molecule has 3 aromatic rings. The number of nitrogens with one attached hydrogen (secondary N) is 1. The Hall–Kier alpha value is -2.74. The van der Waals surface area contributed by atoms with Gasteiger partial charge < -0.3 is 9.73 Å². The van der Waals surface area contributed by atoms with Gasteiger partial charge in [-0.1, -0.05) is 0 Å². The lowest BCUT2D eigenvalue weighted by molar-refractivity contribution is -0.123. The predicted octanol–water partition coefficient (Wildman–Crippen LogP) is 4.16. The topological polar surface area (TPSA) is 80.9 Å². The number of hydrogen-bond donors (Lipinski definition) is 1. The van der Waals surface area contributed by atoms with E-state index in [2.05, 4.69) is 20.3 Å². The van der Waals surface area contributed by atoms with Gasteiger partial charge in [0.05, 0.1) is 24.0 Å². The first-order chi connectivity index (χ1) is 15.1. The van der Waals surface area contributed by atoms with Gasteiger partial charge in [-0.2, -0.15) is 0 Å². The molecule has 0 amide bonds. The quantitative estimate of drug-likeness (QED) is 0.580. The van der Waals surface area contributed by atoms with Crippen LogP contribution >= 0.6 is 0 Å². The maximum atomic E-state index is 12.8. The standard InChI is InChI=1S/C23H26F2N4O2/c1-14-26-13-23(31-14)17-6-16-7-19(27-12-21(16)28-11-17)8-22(30)15-2-4-18(5-3-15)29-20(9-24)10-25/h6-7,11-13,15,18,20,29H,2-5,8-10H2,1H3. The number of carbonyl (C=O) groups is 1. The van der Waals surface area contributed by atoms with Gasteiger partial charge in [0.15, 0.2) is 11.7 Å². The van der Waals surface area contributed by atoms with Crippen molar-refractivity contribution in [2.24, 2.45) is 5.92 Å². The van der Waals surface area contributed by atoms with E-state index in [1.807, 2.05) is 12.1 Å². The molecule has 164 valence electrons. The SMILES string of the molecule is Cc1ncc(-c2cnc3cnc(CC(=O)C4CCC(NC(CF)CF)CC4)cc3c2)o1. The number of nitrogens with zero attached hydrogens (tertiary/aromatic N) is 3. The van der Waals surface area contributed by atoms with Gasteiger partial charge in [0, 0.05) is 48.1 Å². The van der Waals surface area contributed by atoms with Crippen molar-refractivity contribution in [2.75, 3.05) is 13.3 Å². The molecule has 1 N–H and O–H groups in total. The number of hydrogen-bond acceptors (Lipinski definition) is 6. The second kappa shape index (κ2) is 9.60. The van der Waals surface area contributed by atoms with Crippen LogP contribution in [0.1, 0.15) is 37.3 Å². The maximum Gasteiger partial charge on any atom is 0.191 e. The molecule has 6 nitrogen and oxygen atoms in total. The minimum atomic E-state index is -0.738. The van der Waals surface area contributed by atoms with Crippen LogP contribution in [0.4, 0.5) is 8.78 Å². The summed E-state index contributed by atoms with van der Waals surface area (Å²) in [6, 6.07) is 3.19. The molecule has 0 saturated heterocycles. The molecule has 1 saturated carbocycles. The number of halogens is 2. The van der Waals surface area contributed by atoms with Crippen molar-refractivity contribution in [3.8, 4) is 11.3 Å². The van der Waals surface area contributed by atoms with E-state index in [0.717, 1.165) is 42.1 Å². The molecule has 31 heavy (non-hydrogen) atoms. The van der Waals surface area contributed by atoms with Crippen molar-refractivity contribution in [2.45, 2.75) is 51.1 Å². The maximum absolute atomic E-state index is 12.8. The average Bonchev–Trinajstić information content (AvgIpc) is 3.23. The van der Waals surface area contributed by atoms with E-state index in [-0.39, 0.29) is 24.2 Å². The molecule has 0 aromatic carbocycles. The van der Waals surface area contributed by atoms with Gasteiger partial charge in [-0.15, -0.1) is 0 Å². The van der Waals surface area contributed by atoms with Gasteiger partial charge >= 0.3 is 0 Å². The molecule has 0 bridgehead atoms. The number of Topliss-reactive ketones (excluding diaryl/α,β-unsaturated/α-hetero) is 1. The lowest BCUT2D eigenvalue weighted by atomic mass is 9.82. The molecule has 3 aromatic heterocycles. The van der Waals surface area contributed by atoms with Gasteiger partial charge in [-0.05, 0) is 37.8 Å². The Labute approximate surface area is 179 Å². The number of alkyl halides is 2. The summed E-state index contributed by atoms with van der Waals surface area (Å²) < 4.78 is 31.0. The van der Waals surface area contributed by atoms with Gasteiger partial charge in [0.1, 0.15) is 19.1 Å². The fourth-order valence-electron chi connectivity index (χ4n) is 4.17. The van der Waals surface area contributed by atoms with Crippen LogP contribution in [0.3, 0.4) is 0 Å². The third kappa shape index (κ3) is 5.12. The number of rotatable bonds is 8. The number of pyridine rings is 2. The van der Waals surface area contributed by atoms with Crippen molar-refractivity contribution in [3.63, 3.8) is 0 Å². The molecule has 8 heteroatoms. The molecular formula is C23H26F2N4O2. The summed E-state index contributed by atoms with van der Waals surface area (Å²) in [7, 11) is 0. The minimum absolute atomic E-state index is 0.0358. The van der Waals surface area contributed by atoms with Crippen LogP contribution < -0.4 is 5.32 Å². The summed E-state index contributed by atoms with van der Waals surface area (Å²) in [6.07, 6.45) is 8.29. The summed E-state index contributed by atoms with van der Waals surface area (Å²) in [5.41, 5.74) is 2.28. The lowest BCUT2D eigenvalue weighted by Crippen LogP contribution is -2.43. The number of aryl methyl sites for hydroxylation is 1. The van der Waals surface area contributed by atoms with Gasteiger partial charge in [0.2, 0.25) is 0 Å². The molecule has 0 unspecified atom stereocenters. The second-order valence-corrected chi connectivity index (χ2v) is 8.20. The Bertz CT molecular complexity index is 1040. The van der Waals surface area contributed by atoms with Crippen LogP contribution in [0, 0.1) is 12.8 Å². The Morgan fingerprint density at radius 1 is 1.10 bits per heavy atom. The van der Waals surface area contributed by atoms with Crippen molar-refractivity contribution in [1.29, 1.82) is 0 Å². The monoisotopic (exact) mass is 428 g/mol. The minimum Gasteiger partial charge on any atom is -0.441 e. The molecule has 0 atom stereocenters. The van der Waals surface area contributed by atoms with E-state index in [9.17, 15) is 13.6 Å². The largest absolute Gasteiger partial charge is 0.441 e. The third-order valence-corrected chi connectivity index (χ3v) is 5.91. The Kier molecular flexibility index (Phi) is 6.65. The number of aromatic nitrogens is 3. The highest BCUT2D eigenvalue weighted by atomic mass is 19.1. The van der Waals surface area contributed by atoms with Crippen molar-refractivity contribution in [1.82, 2.24) is 20.3 Å². The lowest BCUT2D eigenvalue weighted by Gasteiger charge is -2.30. The normalized spacial score (nSPS) is 19.2. The van der Waals surface area contributed by atoms with Crippen LogP contribution in [0.5, 0.6) is 0 Å². The zero-order valence-corrected chi connectivity index (χ0v) is 17.5. The highest BCUT2D eigenvalue weighted by Gasteiger charge is 2.27. The van der Waals surface area contributed by atoms with E-state index in [4.69, 9.17) is 4.42 Å². The fraction of sp³-hybridized carbons (Fsp3) is 0.478. The molecular weight excluding hydrogens is 402 g/mol. The van der Waals surface area contributed by atoms with E-state index in [0.29, 0.717) is 17.3 Å². The molecule has 3 heterocycles. The van der Waals surface area contributed by atoms with Crippen molar-refractivity contribution in [3.05, 3.63) is 42.3 Å². The van der Waals surface area contributed by atoms with E-state index in [1.165, 1.54) is 0 Å². The fourth-order valence-corrected chi connectivity index (χ4v) is 4.17. The molecule has 4 rings (SSSR count). The summed E-state index contributed by atoms with van der Waals surface area (Å²) in [6.45, 7) is 0.362. The molecule has 1 aliphatic rings. The Morgan fingerprint density at radius 3 is 2.55 bits per heavy atom. The zero-order chi connectivity index (χ0) is 21.8. The summed E-state index contributed by atoms with van der Waals surface area (Å²) in [5, 5.41) is 3.90. The third-order valence-electron chi connectivity index (χ3n) is 5.91. The first-order valence-electron chi connectivity index (χ1n) is 10.6. The Morgan fingerprint density at radius 2 is 1.87 bits per heavy atom. The average molecular weight is 428 g/mol. The van der Waals surface area contributed by atoms with Gasteiger partial charge in [-0.25, -0.2) is 13.8 Å². The van der Waals surface area contributed by atoms with Crippen molar-refractivity contribution >= 4 is 16.7 Å². The smallest absolute Gasteiger partial charge is 0.191 e. The van der Waals surface area contributed by atoms with Crippen LogP contribution in [0.2, 0.25) is 0 Å². The van der Waals surface area contributed by atoms with Crippen LogP contribution in [0.25, 0.3) is 22.2 Å². The first-order valence-corrected chi connectivity index (χ1v) is 10.6. The molecule has 1 aliphatic carbocycles. The second-order valence-electron chi connectivity index (χ2n) is 8.20. The van der Waals surface area contributed by atoms with Gasteiger partial charge in [-0.3, -0.25) is 14.8 Å². The first kappa shape index (κ1) is 21.5. The number of oxazole rings is 1. The molecule has 0 spiro atoms. The van der Waals surface area contributed by atoms with Crippen LogP contribution in [-0.4, -0.2) is 46.2 Å². The van der Waals surface area contributed by atoms with E-state index < -0.39 is 19.4 Å². The summed E-state index contributed by atoms with van der Waals surface area (Å²) in [4.78, 5) is 25.8. The summed E-state index contributed by atoms with van der Waals surface area (Å²) in [5.74, 6) is 1.36. The van der Waals surface area contributed by atoms with Gasteiger partial charge in [0.25, 0.3) is 0 Å². The van der Waals surface area contributed by atoms with Crippen LogP contribution in [-0.2, 0) is 11.2 Å². The van der Waals surface area contributed by atoms with E-state index >= 15 is 0 Å². The Balaban J connectivity index is 1.39. The highest BCUT2D eigenvalue weighted by Crippen LogP contribution is 2.27. The molecule has 0 radical (unpaired) electrons. The predicted molar refractivity (Wildman–Crippen MR) is 113 cm³/mol. The number of fused-ring (bicyclic) bond motifs is 1. The summed E-state index contributed by atoms with van der Waals surface area (Å²) >= 11 is 0. The van der Waals surface area contributed by atoms with Crippen molar-refractivity contribution < 1.29 is 18.0 Å². The molecule has 0 aliphatic heterocycles. The highest BCUT2D eigenvalue weighted by molar-refractivity contribution is 5.86. The zero-order valence-electron chi connectivity index (χ0n) is 17.5.